The average molecular weight is 1190 g/mol. The van der Waals surface area contributed by atoms with Crippen LogP contribution in [0.1, 0.15) is 93.1 Å². The molecule has 24 nitrogen and oxygen atoms in total. The van der Waals surface area contributed by atoms with Gasteiger partial charge in [0, 0.05) is 37.7 Å². The Kier molecular flexibility index (Phi) is 20.5. The first-order chi connectivity index (χ1) is 40.4. The van der Waals surface area contributed by atoms with Crippen molar-refractivity contribution in [3.8, 4) is 0 Å². The molecular weight excluding hydrogens is 1110 g/mol. The summed E-state index contributed by atoms with van der Waals surface area (Å²) in [5, 5.41) is 68.6. The van der Waals surface area contributed by atoms with Crippen LogP contribution in [-0.4, -0.2) is 197 Å². The molecule has 7 N–H and O–H groups in total. The molecule has 16 atom stereocenters. The SMILES string of the molecule is CC(=O)O[C@H]1C(=O)[C@@]2(C)[C@H]([C@H](OC(=O)c3ccccc3)[C@]3(O)C[C@H](OC(=O)[C@H](CC(=O)OCCOCCOCCOC[C@H]4OC(O)[C@@H](O)[C@@H](O)[C@@H]4O)[C@@H](NC(=O)c4ccccc4)c4ccccc4)C(C)=C1C3(C)C)[C@]1(OC(C)=O)CO[C@@H]1C[C@@H]2O. The van der Waals surface area contributed by atoms with Crippen molar-refractivity contribution < 1.29 is 112 Å². The summed E-state index contributed by atoms with van der Waals surface area (Å²) in [5.41, 5.74) is -7.54. The molecule has 1 unspecified atom stereocenters. The van der Waals surface area contributed by atoms with Gasteiger partial charge in [-0.25, -0.2) is 4.79 Å². The van der Waals surface area contributed by atoms with E-state index in [2.05, 4.69) is 5.32 Å². The molecule has 5 aliphatic rings. The molecule has 3 aliphatic carbocycles. The Morgan fingerprint density at radius 2 is 1.31 bits per heavy atom. The minimum Gasteiger partial charge on any atom is -0.463 e. The number of benzene rings is 3. The zero-order valence-electron chi connectivity index (χ0n) is 48.1. The van der Waals surface area contributed by atoms with E-state index in [9.17, 15) is 54.6 Å². The topological polar surface area (TPSA) is 345 Å². The summed E-state index contributed by atoms with van der Waals surface area (Å²) in [6.07, 6.45) is -17.3. The number of amides is 1. The lowest BCUT2D eigenvalue weighted by Gasteiger charge is -2.67. The molecule has 3 aromatic rings. The van der Waals surface area contributed by atoms with Crippen LogP contribution in [0.4, 0.5) is 0 Å². The van der Waals surface area contributed by atoms with Gasteiger partial charge in [-0.05, 0) is 54.8 Å². The van der Waals surface area contributed by atoms with Crippen molar-refractivity contribution in [3.63, 3.8) is 0 Å². The van der Waals surface area contributed by atoms with E-state index in [1.807, 2.05) is 0 Å². The summed E-state index contributed by atoms with van der Waals surface area (Å²) in [6, 6.07) is 22.8. The van der Waals surface area contributed by atoms with E-state index < -0.39 is 156 Å². The van der Waals surface area contributed by atoms with Crippen molar-refractivity contribution in [3.05, 3.63) is 119 Å². The standard InChI is InChI=1S/C61H75NO23/c1-33-40(30-61(75)53(84-55(72)38-20-14-9-15-21-38)51-59(6,42(65)29-43-60(51,32-80-43)85-35(3)64)52(70)50(81-34(2)63)45(33)58(61,4)5)82-56(73)39(46(36-16-10-7-11-17-36)62-54(71)37-18-12-8-13-19-37)28-44(66)79-27-26-77-23-22-76-24-25-78-31-41-47(67)48(68)49(69)57(74)83-41/h7-21,39-43,46-51,53,57,65,67-69,74-75H,22-32H2,1-6H3,(H,62,71)/t39-,40+,41-,42+,43-,46+,47-,48+,49+,50-,51+,53+,57?,59-,60+,61-/m1/s1. The highest BCUT2D eigenvalue weighted by Crippen LogP contribution is 2.64. The molecule has 1 amide bonds. The van der Waals surface area contributed by atoms with Crippen LogP contribution in [0.15, 0.2) is 102 Å². The number of fused-ring (bicyclic) bond motifs is 5. The second-order valence-corrected chi connectivity index (χ2v) is 22.8. The van der Waals surface area contributed by atoms with Crippen LogP contribution in [0.5, 0.6) is 0 Å². The Bertz CT molecular complexity index is 2910. The van der Waals surface area contributed by atoms with Crippen LogP contribution >= 0.6 is 0 Å². The number of rotatable bonds is 23. The van der Waals surface area contributed by atoms with E-state index in [0.717, 1.165) is 13.8 Å². The molecule has 3 aromatic carbocycles. The molecule has 0 aromatic heterocycles. The minimum absolute atomic E-state index is 0.0273. The second-order valence-electron chi connectivity index (χ2n) is 22.8. The van der Waals surface area contributed by atoms with E-state index in [-0.39, 0.29) is 81.5 Å². The highest BCUT2D eigenvalue weighted by molar-refractivity contribution is 5.96. The molecule has 462 valence electrons. The lowest BCUT2D eigenvalue weighted by Crippen LogP contribution is -2.82. The summed E-state index contributed by atoms with van der Waals surface area (Å²) in [5.74, 6) is -9.52. The molecule has 2 heterocycles. The van der Waals surface area contributed by atoms with Gasteiger partial charge in [0.15, 0.2) is 23.8 Å². The van der Waals surface area contributed by atoms with Gasteiger partial charge in [-0.15, -0.1) is 0 Å². The monoisotopic (exact) mass is 1190 g/mol. The maximum Gasteiger partial charge on any atom is 0.338 e. The Hall–Kier alpha value is -6.55. The average Bonchev–Trinajstić information content (AvgIpc) is 0.683. The summed E-state index contributed by atoms with van der Waals surface area (Å²) >= 11 is 0. The number of nitrogens with one attached hydrogen (secondary N) is 1. The lowest BCUT2D eigenvalue weighted by atomic mass is 9.44. The number of hydrogen-bond acceptors (Lipinski definition) is 23. The zero-order valence-corrected chi connectivity index (χ0v) is 48.1. The Balaban J connectivity index is 1.09. The van der Waals surface area contributed by atoms with Crippen molar-refractivity contribution >= 4 is 41.5 Å². The third-order valence-electron chi connectivity index (χ3n) is 17.2. The van der Waals surface area contributed by atoms with Crippen molar-refractivity contribution in [2.75, 3.05) is 52.9 Å². The van der Waals surface area contributed by atoms with Crippen LogP contribution in [0.2, 0.25) is 0 Å². The third-order valence-corrected chi connectivity index (χ3v) is 17.2. The highest BCUT2D eigenvalue weighted by Gasteiger charge is 2.78. The first-order valence-corrected chi connectivity index (χ1v) is 28.2. The molecule has 2 saturated carbocycles. The highest BCUT2D eigenvalue weighted by atomic mass is 16.7. The predicted octanol–water partition coefficient (Wildman–Crippen LogP) is 1.77. The molecule has 2 aliphatic heterocycles. The van der Waals surface area contributed by atoms with E-state index >= 15 is 9.59 Å². The Morgan fingerprint density at radius 1 is 0.718 bits per heavy atom. The van der Waals surface area contributed by atoms with Crippen LogP contribution in [0.25, 0.3) is 0 Å². The molecular formula is C61H75NO23. The summed E-state index contributed by atoms with van der Waals surface area (Å²) in [6.45, 7) is 7.42. The molecule has 24 heteroatoms. The summed E-state index contributed by atoms with van der Waals surface area (Å²) in [7, 11) is 0. The Labute approximate surface area is 490 Å². The molecule has 2 saturated heterocycles. The maximum absolute atomic E-state index is 15.8. The molecule has 85 heavy (non-hydrogen) atoms. The van der Waals surface area contributed by atoms with Gasteiger partial charge >= 0.3 is 29.8 Å². The number of esters is 5. The fourth-order valence-electron chi connectivity index (χ4n) is 12.6. The fraction of sp³-hybridized carbons (Fsp3) is 0.557. The van der Waals surface area contributed by atoms with Gasteiger partial charge in [0.2, 0.25) is 0 Å². The summed E-state index contributed by atoms with van der Waals surface area (Å²) < 4.78 is 58.2. The van der Waals surface area contributed by atoms with E-state index in [0.29, 0.717) is 5.56 Å². The van der Waals surface area contributed by atoms with Crippen LogP contribution < -0.4 is 5.32 Å². The second kappa shape index (κ2) is 27.0. The van der Waals surface area contributed by atoms with Crippen LogP contribution in [0.3, 0.4) is 0 Å². The van der Waals surface area contributed by atoms with Gasteiger partial charge in [-0.1, -0.05) is 80.6 Å². The lowest BCUT2D eigenvalue weighted by molar-refractivity contribution is -0.346. The number of Topliss-reactive ketones (excluding diaryl/α,β-unsaturated/α-hetero) is 1. The zero-order chi connectivity index (χ0) is 61.6. The van der Waals surface area contributed by atoms with E-state index in [1.54, 1.807) is 92.7 Å². The molecule has 2 bridgehead atoms. The predicted molar refractivity (Wildman–Crippen MR) is 292 cm³/mol. The number of carbonyl (C=O) groups excluding carboxylic acids is 7. The van der Waals surface area contributed by atoms with Crippen LogP contribution in [0, 0.1) is 22.7 Å². The van der Waals surface area contributed by atoms with Gasteiger partial charge in [-0.3, -0.25) is 28.8 Å². The van der Waals surface area contributed by atoms with Crippen molar-refractivity contribution in [1.82, 2.24) is 5.32 Å². The first-order valence-electron chi connectivity index (χ1n) is 28.2. The Morgan fingerprint density at radius 3 is 1.89 bits per heavy atom. The van der Waals surface area contributed by atoms with E-state index in [4.69, 9.17) is 47.4 Å². The van der Waals surface area contributed by atoms with Gasteiger partial charge < -0.3 is 83.3 Å². The van der Waals surface area contributed by atoms with Gasteiger partial charge in [0.05, 0.1) is 87.6 Å². The molecule has 0 radical (unpaired) electrons. The van der Waals surface area contributed by atoms with Gasteiger partial charge in [0.1, 0.15) is 54.9 Å². The number of hydrogen-bond donors (Lipinski definition) is 7. The van der Waals surface area contributed by atoms with Gasteiger partial charge in [-0.2, -0.15) is 0 Å². The van der Waals surface area contributed by atoms with Crippen molar-refractivity contribution in [2.45, 2.75) is 139 Å². The quantitative estimate of drug-likeness (QED) is 0.0308. The van der Waals surface area contributed by atoms with Crippen molar-refractivity contribution in [2.24, 2.45) is 22.7 Å². The third kappa shape index (κ3) is 13.2. The normalized spacial score (nSPS) is 31.9. The van der Waals surface area contributed by atoms with Gasteiger partial charge in [0.25, 0.3) is 5.91 Å². The summed E-state index contributed by atoms with van der Waals surface area (Å²) in [4.78, 5) is 101. The maximum atomic E-state index is 15.8. The van der Waals surface area contributed by atoms with Crippen LogP contribution in [-0.2, 0) is 71.3 Å². The largest absolute Gasteiger partial charge is 0.463 e. The number of aliphatic hydroxyl groups excluding tert-OH is 5. The molecule has 8 rings (SSSR count). The number of ether oxygens (including phenoxy) is 10. The number of aliphatic hydroxyl groups is 6. The fourth-order valence-corrected chi connectivity index (χ4v) is 12.6. The smallest absolute Gasteiger partial charge is 0.338 e. The first kappa shape index (κ1) is 64.4. The molecule has 0 spiro atoms. The van der Waals surface area contributed by atoms with E-state index in [1.165, 1.54) is 26.0 Å². The number of ketones is 1. The van der Waals surface area contributed by atoms with Crippen molar-refractivity contribution in [1.29, 1.82) is 0 Å². The molecule has 4 fully saturated rings. The number of carbonyl (C=O) groups is 7. The minimum atomic E-state index is -2.49.